The van der Waals surface area contributed by atoms with E-state index in [1.165, 1.54) is 0 Å². The lowest BCUT2D eigenvalue weighted by atomic mass is 9.83. The van der Waals surface area contributed by atoms with Gasteiger partial charge < -0.3 is 20.8 Å². The normalized spacial score (nSPS) is 14.3. The highest BCUT2D eigenvalue weighted by atomic mass is 35.5. The number of aliphatic carboxylic acids is 2. The van der Waals surface area contributed by atoms with Crippen LogP contribution in [0.5, 0.6) is 0 Å². The van der Waals surface area contributed by atoms with Gasteiger partial charge in [0.1, 0.15) is 12.1 Å². The van der Waals surface area contributed by atoms with Crippen molar-refractivity contribution < 1.29 is 29.4 Å². The van der Waals surface area contributed by atoms with E-state index in [1.807, 2.05) is 6.92 Å². The van der Waals surface area contributed by atoms with E-state index in [0.717, 1.165) is 0 Å². The Bertz CT molecular complexity index is 778. The van der Waals surface area contributed by atoms with Gasteiger partial charge in [0.25, 0.3) is 0 Å². The summed E-state index contributed by atoms with van der Waals surface area (Å²) in [6, 6.07) is 4.47. The second-order valence-corrected chi connectivity index (χ2v) is 8.24. The van der Waals surface area contributed by atoms with Crippen LogP contribution in [0.1, 0.15) is 52.5 Å². The lowest BCUT2D eigenvalue weighted by Crippen LogP contribution is -2.56. The van der Waals surface area contributed by atoms with Gasteiger partial charge in [-0.3, -0.25) is 14.4 Å². The summed E-state index contributed by atoms with van der Waals surface area (Å²) in [6.45, 7) is 7.04. The van der Waals surface area contributed by atoms with Crippen LogP contribution >= 0.6 is 11.6 Å². The van der Waals surface area contributed by atoms with E-state index in [1.54, 1.807) is 45.0 Å². The summed E-state index contributed by atoms with van der Waals surface area (Å²) in [7, 11) is 0. The number of halogens is 1. The van der Waals surface area contributed by atoms with Crippen molar-refractivity contribution >= 4 is 35.4 Å². The van der Waals surface area contributed by atoms with Crippen molar-refractivity contribution in [3.8, 4) is 0 Å². The average molecular weight is 441 g/mol. The molecule has 1 aromatic rings. The molecule has 4 N–H and O–H groups in total. The molecule has 0 fully saturated rings. The van der Waals surface area contributed by atoms with Crippen molar-refractivity contribution in [2.24, 2.45) is 5.92 Å². The van der Waals surface area contributed by atoms with Crippen LogP contribution in [0.2, 0.25) is 5.02 Å². The fourth-order valence-corrected chi connectivity index (χ4v) is 2.93. The molecule has 2 amide bonds. The third kappa shape index (κ3) is 7.02. The number of nitrogens with one attached hydrogen (secondary N) is 2. The average Bonchev–Trinajstić information content (AvgIpc) is 2.68. The van der Waals surface area contributed by atoms with Gasteiger partial charge in [-0.1, -0.05) is 44.0 Å². The zero-order valence-corrected chi connectivity index (χ0v) is 18.3. The molecule has 1 aromatic carbocycles. The molecule has 0 aromatic heterocycles. The molecule has 1 rings (SSSR count). The van der Waals surface area contributed by atoms with Gasteiger partial charge in [0.05, 0.1) is 5.41 Å². The van der Waals surface area contributed by atoms with E-state index in [4.69, 9.17) is 16.7 Å². The largest absolute Gasteiger partial charge is 0.481 e. The minimum Gasteiger partial charge on any atom is -0.481 e. The summed E-state index contributed by atoms with van der Waals surface area (Å²) in [5.41, 5.74) is -0.260. The van der Waals surface area contributed by atoms with Gasteiger partial charge in [-0.15, -0.1) is 0 Å². The molecule has 0 heterocycles. The molecule has 0 unspecified atom stereocenters. The first-order chi connectivity index (χ1) is 13.9. The van der Waals surface area contributed by atoms with Crippen molar-refractivity contribution in [1.29, 1.82) is 0 Å². The minimum atomic E-state index is -1.36. The summed E-state index contributed by atoms with van der Waals surface area (Å²) < 4.78 is 0. The molecule has 0 aliphatic heterocycles. The second kappa shape index (κ2) is 11.0. The van der Waals surface area contributed by atoms with Crippen molar-refractivity contribution in [2.75, 3.05) is 0 Å². The molecule has 8 nitrogen and oxygen atoms in total. The summed E-state index contributed by atoms with van der Waals surface area (Å²) in [4.78, 5) is 47.9. The predicted octanol–water partition coefficient (Wildman–Crippen LogP) is 2.58. The standard InChI is InChI=1S/C21H29ClN2O6/c1-5-12(2)17(18(27)23-15(19(28)29)10-11-16(25)26)24-20(30)21(3,4)13-6-8-14(22)9-7-13/h6-9,12,15,17H,5,10-11H2,1-4H3,(H,23,27)(H,24,30)(H,25,26)(H,28,29)/t12-,15-,17+/m1/s1. The summed E-state index contributed by atoms with van der Waals surface area (Å²) in [6.07, 6.45) is -0.0956. The first-order valence-corrected chi connectivity index (χ1v) is 10.1. The molecule has 9 heteroatoms. The molecule has 0 saturated carbocycles. The van der Waals surface area contributed by atoms with Gasteiger partial charge in [-0.05, 0) is 43.9 Å². The number of carboxylic acids is 2. The van der Waals surface area contributed by atoms with Crippen molar-refractivity contribution in [2.45, 2.75) is 64.5 Å². The number of amides is 2. The zero-order valence-electron chi connectivity index (χ0n) is 17.6. The Morgan fingerprint density at radius 3 is 2.10 bits per heavy atom. The van der Waals surface area contributed by atoms with E-state index in [9.17, 15) is 24.3 Å². The highest BCUT2D eigenvalue weighted by Gasteiger charge is 2.35. The first kappa shape index (κ1) is 25.4. The Labute approximate surface area is 181 Å². The van der Waals surface area contributed by atoms with E-state index < -0.39 is 47.7 Å². The third-order valence-electron chi connectivity index (χ3n) is 5.18. The van der Waals surface area contributed by atoms with Crippen LogP contribution in [0.15, 0.2) is 24.3 Å². The second-order valence-electron chi connectivity index (χ2n) is 7.80. The topological polar surface area (TPSA) is 133 Å². The highest BCUT2D eigenvalue weighted by molar-refractivity contribution is 6.30. The Kier molecular flexibility index (Phi) is 9.29. The van der Waals surface area contributed by atoms with Crippen molar-refractivity contribution in [1.82, 2.24) is 10.6 Å². The van der Waals surface area contributed by atoms with Gasteiger partial charge >= 0.3 is 11.9 Å². The van der Waals surface area contributed by atoms with Crippen molar-refractivity contribution in [3.63, 3.8) is 0 Å². The van der Waals surface area contributed by atoms with Crippen LogP contribution in [0.4, 0.5) is 0 Å². The Morgan fingerprint density at radius 1 is 1.07 bits per heavy atom. The monoisotopic (exact) mass is 440 g/mol. The van der Waals surface area contributed by atoms with Crippen LogP contribution in [-0.2, 0) is 24.6 Å². The number of carbonyl (C=O) groups excluding carboxylic acids is 2. The van der Waals surface area contributed by atoms with Gasteiger partial charge in [0.15, 0.2) is 0 Å². The fourth-order valence-electron chi connectivity index (χ4n) is 2.81. The maximum atomic E-state index is 13.0. The third-order valence-corrected chi connectivity index (χ3v) is 5.43. The maximum absolute atomic E-state index is 13.0. The molecular formula is C21H29ClN2O6. The van der Waals surface area contributed by atoms with Crippen LogP contribution < -0.4 is 10.6 Å². The summed E-state index contributed by atoms with van der Waals surface area (Å²) >= 11 is 5.91. The lowest BCUT2D eigenvalue weighted by molar-refractivity contribution is -0.143. The predicted molar refractivity (Wildman–Crippen MR) is 112 cm³/mol. The molecule has 166 valence electrons. The van der Waals surface area contributed by atoms with Gasteiger partial charge in [-0.25, -0.2) is 4.79 Å². The fraction of sp³-hybridized carbons (Fsp3) is 0.524. The van der Waals surface area contributed by atoms with Crippen LogP contribution in [0.25, 0.3) is 0 Å². The summed E-state index contributed by atoms with van der Waals surface area (Å²) in [5.74, 6) is -3.83. The molecule has 0 saturated heterocycles. The number of carboxylic acid groups (broad SMARTS) is 2. The number of carbonyl (C=O) groups is 4. The molecule has 0 bridgehead atoms. The van der Waals surface area contributed by atoms with Gasteiger partial charge in [0, 0.05) is 11.4 Å². The minimum absolute atomic E-state index is 0.256. The molecule has 3 atom stereocenters. The Balaban J connectivity index is 3.01. The number of hydrogen-bond donors (Lipinski definition) is 4. The molecule has 0 aliphatic carbocycles. The van der Waals surface area contributed by atoms with E-state index in [2.05, 4.69) is 10.6 Å². The first-order valence-electron chi connectivity index (χ1n) is 9.72. The lowest BCUT2D eigenvalue weighted by Gasteiger charge is -2.30. The quantitative estimate of drug-likeness (QED) is 0.418. The Hall–Kier alpha value is -2.61. The van der Waals surface area contributed by atoms with Gasteiger partial charge in [0.2, 0.25) is 11.8 Å². The zero-order chi connectivity index (χ0) is 23.1. The molecule has 0 aliphatic rings. The number of benzene rings is 1. The number of rotatable bonds is 11. The highest BCUT2D eigenvalue weighted by Crippen LogP contribution is 2.25. The maximum Gasteiger partial charge on any atom is 0.326 e. The van der Waals surface area contributed by atoms with Crippen LogP contribution in [-0.4, -0.2) is 46.0 Å². The van der Waals surface area contributed by atoms with Crippen LogP contribution in [0, 0.1) is 5.92 Å². The van der Waals surface area contributed by atoms with E-state index in [0.29, 0.717) is 17.0 Å². The van der Waals surface area contributed by atoms with E-state index in [-0.39, 0.29) is 12.3 Å². The smallest absolute Gasteiger partial charge is 0.326 e. The van der Waals surface area contributed by atoms with Crippen LogP contribution in [0.3, 0.4) is 0 Å². The van der Waals surface area contributed by atoms with Crippen molar-refractivity contribution in [3.05, 3.63) is 34.9 Å². The summed E-state index contributed by atoms with van der Waals surface area (Å²) in [5, 5.41) is 23.7. The molecule has 30 heavy (non-hydrogen) atoms. The molecule has 0 spiro atoms. The molecular weight excluding hydrogens is 412 g/mol. The Morgan fingerprint density at radius 2 is 1.63 bits per heavy atom. The SMILES string of the molecule is CC[C@@H](C)[C@H](NC(=O)C(C)(C)c1ccc(Cl)cc1)C(=O)N[C@H](CCC(=O)O)C(=O)O. The molecule has 0 radical (unpaired) electrons. The number of hydrogen-bond acceptors (Lipinski definition) is 4. The van der Waals surface area contributed by atoms with E-state index >= 15 is 0 Å². The van der Waals surface area contributed by atoms with Gasteiger partial charge in [-0.2, -0.15) is 0 Å².